The molecule has 3 heterocycles. The zero-order valence-corrected chi connectivity index (χ0v) is 16.9. The molecule has 0 aliphatic carbocycles. The van der Waals surface area contributed by atoms with Crippen molar-refractivity contribution in [3.8, 4) is 0 Å². The first kappa shape index (κ1) is 21.6. The number of ether oxygens (including phenoxy) is 1. The number of hydrogen-bond acceptors (Lipinski definition) is 7. The van der Waals surface area contributed by atoms with Crippen molar-refractivity contribution >= 4 is 23.0 Å². The van der Waals surface area contributed by atoms with Gasteiger partial charge in [-0.15, -0.1) is 11.3 Å². The monoisotopic (exact) mass is 432 g/mol. The van der Waals surface area contributed by atoms with Crippen LogP contribution in [-0.4, -0.2) is 54.0 Å². The highest BCUT2D eigenvalue weighted by Gasteiger charge is 2.53. The number of piperidine rings is 1. The molecule has 0 aromatic carbocycles. The predicted molar refractivity (Wildman–Crippen MR) is 101 cm³/mol. The second-order valence-corrected chi connectivity index (χ2v) is 8.41. The zero-order valence-electron chi connectivity index (χ0n) is 16.1. The number of nitrogens with two attached hydrogens (primary N) is 2. The van der Waals surface area contributed by atoms with Crippen molar-refractivity contribution in [3.63, 3.8) is 0 Å². The molecule has 1 unspecified atom stereocenters. The van der Waals surface area contributed by atoms with Gasteiger partial charge >= 0.3 is 12.1 Å². The fourth-order valence-electron chi connectivity index (χ4n) is 3.85. The summed E-state index contributed by atoms with van der Waals surface area (Å²) in [4.78, 5) is 26.7. The van der Waals surface area contributed by atoms with Crippen molar-refractivity contribution < 1.29 is 27.5 Å². The van der Waals surface area contributed by atoms with E-state index in [2.05, 4.69) is 0 Å². The van der Waals surface area contributed by atoms with Crippen molar-refractivity contribution in [2.45, 2.75) is 44.0 Å². The fraction of sp³-hybridized carbons (Fsp3) is 0.556. The molecule has 0 radical (unpaired) electrons. The Bertz CT molecular complexity index is 852. The van der Waals surface area contributed by atoms with Gasteiger partial charge in [0, 0.05) is 47.2 Å². The number of amides is 1. The quantitative estimate of drug-likeness (QED) is 0.559. The second-order valence-electron chi connectivity index (χ2n) is 7.28. The Balaban J connectivity index is 2.03. The predicted octanol–water partition coefficient (Wildman–Crippen LogP) is 1.88. The summed E-state index contributed by atoms with van der Waals surface area (Å²) in [6.07, 6.45) is -2.87. The Kier molecular flexibility index (Phi) is 5.67. The van der Waals surface area contributed by atoms with Crippen LogP contribution < -0.4 is 11.6 Å². The molecule has 1 spiro atoms. The Morgan fingerprint density at radius 3 is 2.79 bits per heavy atom. The van der Waals surface area contributed by atoms with E-state index < -0.39 is 23.7 Å². The minimum absolute atomic E-state index is 0.00887. The molecule has 1 amide bonds. The molecule has 2 aliphatic heterocycles. The van der Waals surface area contributed by atoms with Crippen molar-refractivity contribution in [2.24, 2.45) is 11.6 Å². The average molecular weight is 432 g/mol. The van der Waals surface area contributed by atoms with Gasteiger partial charge in [0.2, 0.25) is 0 Å². The van der Waals surface area contributed by atoms with Gasteiger partial charge in [-0.25, -0.2) is 5.84 Å². The summed E-state index contributed by atoms with van der Waals surface area (Å²) in [6, 6.07) is 0.749. The molecule has 3 rings (SSSR count). The number of nitrogens with zero attached hydrogens (tertiary/aromatic N) is 2. The number of likely N-dealkylation sites (tertiary alicyclic amines) is 1. The second kappa shape index (κ2) is 7.62. The van der Waals surface area contributed by atoms with E-state index in [1.54, 1.807) is 0 Å². The van der Waals surface area contributed by atoms with Crippen LogP contribution in [0.2, 0.25) is 0 Å². The molecule has 160 valence electrons. The van der Waals surface area contributed by atoms with Crippen LogP contribution in [0.1, 0.15) is 39.9 Å². The molecule has 1 aromatic heterocycles. The molecule has 11 heteroatoms. The number of hydrogen-bond donors (Lipinski definition) is 2. The molecule has 1 saturated heterocycles. The van der Waals surface area contributed by atoms with Crippen LogP contribution >= 0.6 is 11.3 Å². The van der Waals surface area contributed by atoms with Gasteiger partial charge in [0.25, 0.3) is 0 Å². The van der Waals surface area contributed by atoms with Gasteiger partial charge in [0.05, 0.1) is 6.04 Å². The first-order valence-corrected chi connectivity index (χ1v) is 9.93. The Morgan fingerprint density at radius 1 is 1.52 bits per heavy atom. The first-order valence-electron chi connectivity index (χ1n) is 9.11. The van der Waals surface area contributed by atoms with Crippen LogP contribution in [-0.2, 0) is 21.6 Å². The third-order valence-electron chi connectivity index (χ3n) is 5.22. The summed E-state index contributed by atoms with van der Waals surface area (Å²) in [5.74, 6) is 3.46. The zero-order chi connectivity index (χ0) is 21.6. The number of alkyl halides is 3. The maximum atomic E-state index is 13.1. The molecule has 0 bridgehead atoms. The van der Waals surface area contributed by atoms with Gasteiger partial charge in [-0.2, -0.15) is 13.2 Å². The van der Waals surface area contributed by atoms with E-state index in [1.165, 1.54) is 24.6 Å². The summed E-state index contributed by atoms with van der Waals surface area (Å²) in [6.45, 7) is 1.59. The van der Waals surface area contributed by atoms with Gasteiger partial charge in [-0.1, -0.05) is 6.92 Å². The standard InChI is InChI=1S/C18H23F3N4O3S/c1-3-10-6-11-14(26)9-28-17(15(11)29-10)4-5-25(16(27)18(19,20)21)13(7-17)12(22)8-24(2)23/h6,8,13H,3-5,7,9,22-23H2,1-2H3/b12-8-/t13-,17?/m0/s1. The molecular weight excluding hydrogens is 409 g/mol. The van der Waals surface area contributed by atoms with Crippen LogP contribution in [0.4, 0.5) is 13.2 Å². The van der Waals surface area contributed by atoms with Crippen molar-refractivity contribution in [1.82, 2.24) is 9.91 Å². The topological polar surface area (TPSA) is 102 Å². The van der Waals surface area contributed by atoms with E-state index in [1.807, 2.05) is 13.0 Å². The van der Waals surface area contributed by atoms with E-state index in [0.29, 0.717) is 15.3 Å². The number of thiophene rings is 1. The third kappa shape index (κ3) is 3.99. The number of halogens is 3. The summed E-state index contributed by atoms with van der Waals surface area (Å²) in [7, 11) is 1.47. The highest BCUT2D eigenvalue weighted by molar-refractivity contribution is 7.12. The van der Waals surface area contributed by atoms with Gasteiger partial charge in [-0.3, -0.25) is 9.59 Å². The number of rotatable bonds is 3. The lowest BCUT2D eigenvalue weighted by Crippen LogP contribution is -2.58. The van der Waals surface area contributed by atoms with Crippen molar-refractivity contribution in [1.29, 1.82) is 0 Å². The highest BCUT2D eigenvalue weighted by Crippen LogP contribution is 2.48. The number of Topliss-reactive ketones (excluding diaryl/α,β-unsaturated/α-hetero) is 1. The Morgan fingerprint density at radius 2 is 2.21 bits per heavy atom. The number of fused-ring (bicyclic) bond motifs is 2. The molecule has 4 N–H and O–H groups in total. The van der Waals surface area contributed by atoms with Crippen molar-refractivity contribution in [2.75, 3.05) is 20.2 Å². The summed E-state index contributed by atoms with van der Waals surface area (Å²) < 4.78 is 45.4. The van der Waals surface area contributed by atoms with E-state index >= 15 is 0 Å². The molecule has 7 nitrogen and oxygen atoms in total. The number of hydrazine groups is 1. The van der Waals surface area contributed by atoms with E-state index in [4.69, 9.17) is 16.3 Å². The smallest absolute Gasteiger partial charge is 0.399 e. The van der Waals surface area contributed by atoms with Crippen LogP contribution in [0, 0.1) is 0 Å². The van der Waals surface area contributed by atoms with E-state index in [-0.39, 0.29) is 37.5 Å². The lowest BCUT2D eigenvalue weighted by molar-refractivity contribution is -0.193. The van der Waals surface area contributed by atoms with Crippen molar-refractivity contribution in [3.05, 3.63) is 33.3 Å². The Labute approximate surface area is 170 Å². The van der Waals surface area contributed by atoms with Crippen LogP contribution in [0.5, 0.6) is 0 Å². The molecular formula is C18H23F3N4O3S. The lowest BCUT2D eigenvalue weighted by atomic mass is 9.80. The SMILES string of the molecule is CCc1cc2c(s1)C1(CCN(C(=O)C(F)(F)F)[C@H](/C(N)=C/N(C)N)C1)OCC2=O. The minimum atomic E-state index is -5.02. The fourth-order valence-corrected chi connectivity index (χ4v) is 5.15. The largest absolute Gasteiger partial charge is 0.471 e. The molecule has 0 saturated carbocycles. The summed E-state index contributed by atoms with van der Waals surface area (Å²) in [5.41, 5.74) is 5.64. The maximum absolute atomic E-state index is 13.1. The molecule has 2 aliphatic rings. The number of ketones is 1. The third-order valence-corrected chi connectivity index (χ3v) is 6.69. The van der Waals surface area contributed by atoms with Gasteiger partial charge in [0.15, 0.2) is 5.78 Å². The Hall–Kier alpha value is -2.11. The molecule has 2 atom stereocenters. The summed E-state index contributed by atoms with van der Waals surface area (Å²) >= 11 is 1.42. The van der Waals surface area contributed by atoms with Gasteiger partial charge in [0.1, 0.15) is 12.2 Å². The summed E-state index contributed by atoms with van der Waals surface area (Å²) in [5, 5.41) is 1.11. The van der Waals surface area contributed by atoms with Crippen LogP contribution in [0.3, 0.4) is 0 Å². The van der Waals surface area contributed by atoms with Crippen LogP contribution in [0.25, 0.3) is 0 Å². The number of aryl methyl sites for hydroxylation is 1. The van der Waals surface area contributed by atoms with Crippen LogP contribution in [0.15, 0.2) is 18.0 Å². The van der Waals surface area contributed by atoms with Gasteiger partial charge < -0.3 is 20.4 Å². The maximum Gasteiger partial charge on any atom is 0.471 e. The lowest BCUT2D eigenvalue weighted by Gasteiger charge is -2.47. The first-order chi connectivity index (χ1) is 13.5. The van der Waals surface area contributed by atoms with Gasteiger partial charge in [-0.05, 0) is 18.9 Å². The van der Waals surface area contributed by atoms with E-state index in [9.17, 15) is 22.8 Å². The highest BCUT2D eigenvalue weighted by atomic mass is 32.1. The number of carbonyl (C=O) groups is 2. The average Bonchev–Trinajstić information content (AvgIpc) is 3.09. The minimum Gasteiger partial charge on any atom is -0.399 e. The number of carbonyl (C=O) groups excluding carboxylic acids is 2. The molecule has 29 heavy (non-hydrogen) atoms. The molecule has 1 aromatic rings. The van der Waals surface area contributed by atoms with E-state index in [0.717, 1.165) is 16.3 Å². The molecule has 1 fully saturated rings. The normalized spacial score (nSPS) is 25.3.